The number of carbonyl (C=O) groups excluding carboxylic acids is 1. The number of hydrogen-bond acceptors (Lipinski definition) is 4. The SMILES string of the molecule is CNS(=O)(=O)CC(=O)N1CCNC(C)C1. The van der Waals surface area contributed by atoms with Crippen LogP contribution in [0.3, 0.4) is 0 Å². The molecule has 1 aliphatic heterocycles. The Morgan fingerprint density at radius 3 is 2.80 bits per heavy atom. The molecule has 2 N–H and O–H groups in total. The van der Waals surface area contributed by atoms with Crippen molar-refractivity contribution >= 4 is 15.9 Å². The summed E-state index contributed by atoms with van der Waals surface area (Å²) in [6, 6.07) is 0.222. The molecular weight excluding hydrogens is 218 g/mol. The minimum Gasteiger partial charge on any atom is -0.339 e. The third-order valence-electron chi connectivity index (χ3n) is 2.35. The largest absolute Gasteiger partial charge is 0.339 e. The van der Waals surface area contributed by atoms with E-state index < -0.39 is 15.8 Å². The molecule has 0 aromatic carbocycles. The van der Waals surface area contributed by atoms with Crippen LogP contribution >= 0.6 is 0 Å². The molecule has 1 fully saturated rings. The fraction of sp³-hybridized carbons (Fsp3) is 0.875. The molecule has 7 heteroatoms. The Morgan fingerprint density at radius 2 is 2.27 bits per heavy atom. The topological polar surface area (TPSA) is 78.5 Å². The van der Waals surface area contributed by atoms with Crippen LogP contribution in [0.15, 0.2) is 0 Å². The quantitative estimate of drug-likeness (QED) is 0.615. The summed E-state index contributed by atoms with van der Waals surface area (Å²) < 4.78 is 24.5. The number of hydrogen-bond donors (Lipinski definition) is 2. The lowest BCUT2D eigenvalue weighted by molar-refractivity contribution is -0.129. The van der Waals surface area contributed by atoms with Crippen molar-refractivity contribution < 1.29 is 13.2 Å². The number of amides is 1. The summed E-state index contributed by atoms with van der Waals surface area (Å²) in [6.45, 7) is 3.82. The fourth-order valence-electron chi connectivity index (χ4n) is 1.48. The van der Waals surface area contributed by atoms with Crippen LogP contribution in [0, 0.1) is 0 Å². The molecule has 88 valence electrons. The van der Waals surface area contributed by atoms with Gasteiger partial charge in [-0.3, -0.25) is 4.79 Å². The summed E-state index contributed by atoms with van der Waals surface area (Å²) in [5.41, 5.74) is 0. The molecule has 0 spiro atoms. The zero-order valence-corrected chi connectivity index (χ0v) is 9.80. The van der Waals surface area contributed by atoms with Crippen LogP contribution in [0.1, 0.15) is 6.92 Å². The van der Waals surface area contributed by atoms with Gasteiger partial charge in [0.2, 0.25) is 15.9 Å². The highest BCUT2D eigenvalue weighted by molar-refractivity contribution is 7.90. The number of piperazine rings is 1. The van der Waals surface area contributed by atoms with Crippen LogP contribution in [-0.4, -0.2) is 57.7 Å². The van der Waals surface area contributed by atoms with Crippen molar-refractivity contribution in [2.45, 2.75) is 13.0 Å². The van der Waals surface area contributed by atoms with Crippen LogP contribution in [0.2, 0.25) is 0 Å². The minimum absolute atomic E-state index is 0.222. The molecule has 0 radical (unpaired) electrons. The first-order valence-corrected chi connectivity index (χ1v) is 6.52. The second-order valence-electron chi connectivity index (χ2n) is 3.66. The van der Waals surface area contributed by atoms with Crippen LogP contribution in [0.4, 0.5) is 0 Å². The molecule has 0 aromatic heterocycles. The highest BCUT2D eigenvalue weighted by atomic mass is 32.2. The van der Waals surface area contributed by atoms with Gasteiger partial charge in [0.25, 0.3) is 0 Å². The maximum absolute atomic E-state index is 11.6. The van der Waals surface area contributed by atoms with Gasteiger partial charge >= 0.3 is 0 Å². The maximum atomic E-state index is 11.6. The van der Waals surface area contributed by atoms with Gasteiger partial charge in [-0.05, 0) is 14.0 Å². The van der Waals surface area contributed by atoms with Gasteiger partial charge in [0.1, 0.15) is 5.75 Å². The van der Waals surface area contributed by atoms with Crippen LogP contribution in [0.5, 0.6) is 0 Å². The van der Waals surface area contributed by atoms with Gasteiger partial charge in [-0.1, -0.05) is 0 Å². The normalized spacial score (nSPS) is 22.8. The Bertz CT molecular complexity index is 328. The van der Waals surface area contributed by atoms with Crippen molar-refractivity contribution in [3.05, 3.63) is 0 Å². The van der Waals surface area contributed by atoms with Crippen molar-refractivity contribution in [1.82, 2.24) is 14.9 Å². The first-order valence-electron chi connectivity index (χ1n) is 4.87. The molecule has 0 aliphatic carbocycles. The third-order valence-corrected chi connectivity index (χ3v) is 3.59. The second kappa shape index (κ2) is 4.91. The Kier molecular flexibility index (Phi) is 4.06. The smallest absolute Gasteiger partial charge is 0.239 e. The Balaban J connectivity index is 2.53. The maximum Gasteiger partial charge on any atom is 0.239 e. The van der Waals surface area contributed by atoms with E-state index >= 15 is 0 Å². The highest BCUT2D eigenvalue weighted by Crippen LogP contribution is 2.00. The summed E-state index contributed by atoms with van der Waals surface area (Å²) in [5.74, 6) is -0.798. The number of nitrogens with zero attached hydrogens (tertiary/aromatic N) is 1. The van der Waals surface area contributed by atoms with Crippen LogP contribution < -0.4 is 10.0 Å². The van der Waals surface area contributed by atoms with Crippen molar-refractivity contribution in [3.8, 4) is 0 Å². The summed E-state index contributed by atoms with van der Waals surface area (Å²) in [4.78, 5) is 13.2. The molecule has 0 bridgehead atoms. The zero-order valence-electron chi connectivity index (χ0n) is 8.99. The summed E-state index contributed by atoms with van der Waals surface area (Å²) in [6.07, 6.45) is 0. The number of carbonyl (C=O) groups is 1. The monoisotopic (exact) mass is 235 g/mol. The van der Waals surface area contributed by atoms with Gasteiger partial charge in [-0.15, -0.1) is 0 Å². The molecule has 0 saturated carbocycles. The first-order chi connectivity index (χ1) is 6.94. The van der Waals surface area contributed by atoms with E-state index in [1.54, 1.807) is 4.90 Å². The standard InChI is InChI=1S/C8H17N3O3S/c1-7-5-11(4-3-10-7)8(12)6-15(13,14)9-2/h7,9-10H,3-6H2,1-2H3. The van der Waals surface area contributed by atoms with E-state index in [1.807, 2.05) is 6.92 Å². The lowest BCUT2D eigenvalue weighted by Crippen LogP contribution is -2.53. The minimum atomic E-state index is -3.45. The van der Waals surface area contributed by atoms with Crippen molar-refractivity contribution in [3.63, 3.8) is 0 Å². The van der Waals surface area contributed by atoms with E-state index in [1.165, 1.54) is 7.05 Å². The molecule has 0 aromatic rings. The van der Waals surface area contributed by atoms with E-state index in [2.05, 4.69) is 10.0 Å². The number of nitrogens with one attached hydrogen (secondary N) is 2. The summed E-state index contributed by atoms with van der Waals surface area (Å²) >= 11 is 0. The Labute approximate surface area is 90.1 Å². The lowest BCUT2D eigenvalue weighted by atomic mass is 10.2. The molecule has 1 amide bonds. The van der Waals surface area contributed by atoms with E-state index in [4.69, 9.17) is 0 Å². The molecule has 6 nitrogen and oxygen atoms in total. The summed E-state index contributed by atoms with van der Waals surface area (Å²) in [5, 5.41) is 3.18. The molecule has 1 unspecified atom stereocenters. The number of rotatable bonds is 3. The highest BCUT2D eigenvalue weighted by Gasteiger charge is 2.24. The van der Waals surface area contributed by atoms with Crippen molar-refractivity contribution in [2.24, 2.45) is 0 Å². The van der Waals surface area contributed by atoms with E-state index in [9.17, 15) is 13.2 Å². The van der Waals surface area contributed by atoms with Gasteiger partial charge < -0.3 is 10.2 Å². The lowest BCUT2D eigenvalue weighted by Gasteiger charge is -2.31. The average Bonchev–Trinajstić information content (AvgIpc) is 2.17. The van der Waals surface area contributed by atoms with Crippen molar-refractivity contribution in [2.75, 3.05) is 32.4 Å². The first kappa shape index (κ1) is 12.4. The van der Waals surface area contributed by atoms with Gasteiger partial charge in [0, 0.05) is 25.7 Å². The molecule has 1 rings (SSSR count). The zero-order chi connectivity index (χ0) is 11.5. The second-order valence-corrected chi connectivity index (χ2v) is 5.58. The van der Waals surface area contributed by atoms with Gasteiger partial charge in [-0.2, -0.15) is 0 Å². The fourth-order valence-corrected chi connectivity index (χ4v) is 2.14. The van der Waals surface area contributed by atoms with Gasteiger partial charge in [0.05, 0.1) is 0 Å². The predicted molar refractivity (Wildman–Crippen MR) is 56.9 cm³/mol. The third kappa shape index (κ3) is 3.77. The molecule has 1 aliphatic rings. The molecule has 1 heterocycles. The summed E-state index contributed by atoms with van der Waals surface area (Å²) in [7, 11) is -2.14. The number of sulfonamides is 1. The van der Waals surface area contributed by atoms with Gasteiger partial charge in [-0.25, -0.2) is 13.1 Å². The Hall–Kier alpha value is -0.660. The van der Waals surface area contributed by atoms with Crippen LogP contribution in [0.25, 0.3) is 0 Å². The van der Waals surface area contributed by atoms with Gasteiger partial charge in [0.15, 0.2) is 0 Å². The van der Waals surface area contributed by atoms with Crippen LogP contribution in [-0.2, 0) is 14.8 Å². The predicted octanol–water partition coefficient (Wildman–Crippen LogP) is -1.64. The Morgan fingerprint density at radius 1 is 1.60 bits per heavy atom. The average molecular weight is 235 g/mol. The molecule has 1 atom stereocenters. The van der Waals surface area contributed by atoms with E-state index in [0.29, 0.717) is 19.6 Å². The van der Waals surface area contributed by atoms with E-state index in [0.717, 1.165) is 0 Å². The van der Waals surface area contributed by atoms with Crippen molar-refractivity contribution in [1.29, 1.82) is 0 Å². The van der Waals surface area contributed by atoms with E-state index in [-0.39, 0.29) is 11.9 Å². The molecular formula is C8H17N3O3S. The molecule has 1 saturated heterocycles. The molecule has 15 heavy (non-hydrogen) atoms.